The molecule has 0 aromatic heterocycles. The lowest BCUT2D eigenvalue weighted by Gasteiger charge is -2.34. The van der Waals surface area contributed by atoms with E-state index in [0.717, 1.165) is 0 Å². The Morgan fingerprint density at radius 2 is 1.57 bits per heavy atom. The average molecular weight is 817 g/mol. The Bertz CT molecular complexity index is 1620. The summed E-state index contributed by atoms with van der Waals surface area (Å²) in [6.45, 7) is 13.8. The number of cyclic esters (lactones) is 2. The second kappa shape index (κ2) is 21.4. The van der Waals surface area contributed by atoms with Crippen LogP contribution in [0.3, 0.4) is 0 Å². The van der Waals surface area contributed by atoms with Crippen molar-refractivity contribution in [1.29, 1.82) is 0 Å². The van der Waals surface area contributed by atoms with Crippen LogP contribution < -0.4 is 21.1 Å². The summed E-state index contributed by atoms with van der Waals surface area (Å²) in [6.07, 6.45) is -2.92. The van der Waals surface area contributed by atoms with Crippen LogP contribution in [0.1, 0.15) is 93.1 Å². The lowest BCUT2D eigenvalue weighted by Crippen LogP contribution is -2.73. The number of fused-ring (bicyclic) bond motifs is 1. The van der Waals surface area contributed by atoms with Gasteiger partial charge in [-0.3, -0.25) is 28.8 Å². The quantitative estimate of drug-likeness (QED) is 0.216. The van der Waals surface area contributed by atoms with Gasteiger partial charge < -0.3 is 45.5 Å². The van der Waals surface area contributed by atoms with Gasteiger partial charge in [0.05, 0.1) is 31.6 Å². The van der Waals surface area contributed by atoms with Gasteiger partial charge in [0.1, 0.15) is 23.9 Å². The molecule has 3 rings (SSSR count). The number of aliphatic hydroxyl groups is 1. The van der Waals surface area contributed by atoms with Crippen molar-refractivity contribution in [3.8, 4) is 5.75 Å². The number of hydrogen-bond acceptors (Lipinski definition) is 11. The number of nitrogens with one attached hydrogen (secondary N) is 2. The van der Waals surface area contributed by atoms with Gasteiger partial charge in [-0.05, 0) is 68.6 Å². The number of nitrogens with zero attached hydrogens (tertiary/aromatic N) is 2. The molecule has 58 heavy (non-hydrogen) atoms. The van der Waals surface area contributed by atoms with E-state index in [4.69, 9.17) is 14.2 Å². The van der Waals surface area contributed by atoms with Crippen LogP contribution in [0.4, 0.5) is 0 Å². The van der Waals surface area contributed by atoms with Crippen LogP contribution in [0.15, 0.2) is 24.3 Å². The van der Waals surface area contributed by atoms with Crippen molar-refractivity contribution in [2.75, 3.05) is 20.7 Å². The first kappa shape index (κ1) is 47.8. The van der Waals surface area contributed by atoms with E-state index < -0.39 is 108 Å². The predicted molar refractivity (Wildman–Crippen MR) is 213 cm³/mol. The molecule has 1 aromatic rings. The maximum atomic E-state index is 14.4. The zero-order valence-electron chi connectivity index (χ0n) is 35.8. The van der Waals surface area contributed by atoms with Crippen molar-refractivity contribution in [2.45, 2.75) is 142 Å². The highest BCUT2D eigenvalue weighted by Gasteiger charge is 2.44. The minimum Gasteiger partial charge on any atom is -0.497 e. The first-order valence-corrected chi connectivity index (χ1v) is 20.5. The van der Waals surface area contributed by atoms with E-state index in [9.17, 15) is 38.7 Å². The third-order valence-electron chi connectivity index (χ3n) is 11.3. The van der Waals surface area contributed by atoms with Crippen molar-refractivity contribution >= 4 is 41.4 Å². The monoisotopic (exact) mass is 816 g/mol. The fourth-order valence-corrected chi connectivity index (χ4v) is 7.31. The van der Waals surface area contributed by atoms with Gasteiger partial charge >= 0.3 is 11.9 Å². The van der Waals surface area contributed by atoms with Crippen molar-refractivity contribution in [1.82, 2.24) is 20.4 Å². The maximum Gasteiger partial charge on any atom is 0.329 e. The summed E-state index contributed by atoms with van der Waals surface area (Å²) in [7, 11) is 2.99. The molecule has 2 aliphatic heterocycles. The molecule has 16 heteroatoms. The number of ether oxygens (including phenoxy) is 3. The normalized spacial score (nSPS) is 29.8. The number of rotatable bonds is 8. The topological polar surface area (TPSA) is 226 Å². The highest BCUT2D eigenvalue weighted by Crippen LogP contribution is 2.25. The molecule has 1 aromatic carbocycles. The summed E-state index contributed by atoms with van der Waals surface area (Å²) in [4.78, 5) is 99.9. The third kappa shape index (κ3) is 12.2. The third-order valence-corrected chi connectivity index (χ3v) is 11.3. The Labute approximate surface area is 342 Å². The number of benzene rings is 1. The van der Waals surface area contributed by atoms with Crippen LogP contribution in [0.2, 0.25) is 0 Å². The Balaban J connectivity index is 2.11. The molecule has 2 saturated heterocycles. The van der Waals surface area contributed by atoms with Crippen LogP contribution in [-0.4, -0.2) is 125 Å². The summed E-state index contributed by atoms with van der Waals surface area (Å²) < 4.78 is 16.7. The zero-order valence-corrected chi connectivity index (χ0v) is 35.8. The number of esters is 2. The fraction of sp³-hybridized carbons (Fsp3) is 0.690. The Morgan fingerprint density at radius 3 is 2.14 bits per heavy atom. The number of amides is 4. The van der Waals surface area contributed by atoms with Crippen LogP contribution in [0.5, 0.6) is 5.75 Å². The van der Waals surface area contributed by atoms with Gasteiger partial charge in [-0.15, -0.1) is 0 Å². The number of likely N-dealkylation sites (N-methyl/N-ethyl adjacent to an activating group) is 1. The van der Waals surface area contributed by atoms with Crippen molar-refractivity contribution in [3.05, 3.63) is 29.8 Å². The van der Waals surface area contributed by atoms with Crippen LogP contribution in [0, 0.1) is 23.7 Å². The highest BCUT2D eigenvalue weighted by atomic mass is 16.6. The number of Topliss-reactive ketones (excluding diaryl/α,β-unsaturated/α-hetero) is 1. The maximum absolute atomic E-state index is 14.4. The SMILES string of the molecule is CC[C@H](C)[C@H]1NC(=O)[C@@H]([NH3+])[C@@H](C)OC(=O)[C@H](Cc2ccc(OC)cc2)N(C)C(=O)[C@@H]2CCCN2C(=O)[C@H](CC(C)C)NC(=O)[C@@H](C)C(=O)[C@H](C(C)C)OC(=O)C[C@@H]1O. The second-order valence-corrected chi connectivity index (χ2v) is 16.6. The van der Waals surface area contributed by atoms with Crippen LogP contribution in [0.25, 0.3) is 0 Å². The summed E-state index contributed by atoms with van der Waals surface area (Å²) in [5, 5.41) is 16.8. The summed E-state index contributed by atoms with van der Waals surface area (Å²) in [5.74, 6) is -6.51. The van der Waals surface area contributed by atoms with E-state index in [2.05, 4.69) is 16.4 Å². The number of carbonyl (C=O) groups excluding carboxylic acids is 7. The van der Waals surface area contributed by atoms with Gasteiger partial charge in [0.25, 0.3) is 5.91 Å². The molecule has 2 heterocycles. The Kier molecular flexibility index (Phi) is 17.7. The molecule has 6 N–H and O–H groups in total. The minimum atomic E-state index is -1.44. The molecule has 0 unspecified atom stereocenters. The van der Waals surface area contributed by atoms with Crippen molar-refractivity contribution < 1.29 is 58.6 Å². The standard InChI is InChI=1S/C42H65N5O11/c1-11-24(6)35-32(48)21-33(49)58-37(23(4)5)36(50)25(7)38(51)44-29(19-22(2)3)40(53)47-18-12-13-30(47)41(54)46(9)31(20-27-14-16-28(56-10)17-15-27)42(55)57-26(8)34(43)39(52)45-35/h14-17,22-26,29-32,34-35,37,48H,11-13,18-21,43H2,1-10H3,(H,44,51)(H,45,52)/p+1/t24-,25-,26+,29-,30-,31-,32-,34-,35+,37-/m0/s1. The van der Waals surface area contributed by atoms with Gasteiger partial charge in [0, 0.05) is 20.0 Å². The van der Waals surface area contributed by atoms with Crippen molar-refractivity contribution in [2.24, 2.45) is 23.7 Å². The number of methoxy groups -OCH3 is 1. The molecule has 0 aliphatic carbocycles. The smallest absolute Gasteiger partial charge is 0.329 e. The Hall–Kier alpha value is -4.57. The van der Waals surface area contributed by atoms with E-state index in [-0.39, 0.29) is 31.2 Å². The molecule has 2 aliphatic rings. The number of aliphatic hydroxyl groups excluding tert-OH is 1. The largest absolute Gasteiger partial charge is 0.497 e. The van der Waals surface area contributed by atoms with E-state index in [1.54, 1.807) is 45.0 Å². The van der Waals surface area contributed by atoms with Crippen LogP contribution >= 0.6 is 0 Å². The Morgan fingerprint density at radius 1 is 0.931 bits per heavy atom. The summed E-state index contributed by atoms with van der Waals surface area (Å²) in [6, 6.07) is 1.59. The van der Waals surface area contributed by atoms with Gasteiger partial charge in [-0.25, -0.2) is 4.79 Å². The molecule has 2 fully saturated rings. The van der Waals surface area contributed by atoms with Gasteiger partial charge in [-0.2, -0.15) is 0 Å². The molecule has 4 amide bonds. The van der Waals surface area contributed by atoms with Gasteiger partial charge in [0.2, 0.25) is 23.8 Å². The molecule has 16 nitrogen and oxygen atoms in total. The van der Waals surface area contributed by atoms with Gasteiger partial charge in [-0.1, -0.05) is 60.1 Å². The molecule has 0 saturated carbocycles. The van der Waals surface area contributed by atoms with E-state index in [0.29, 0.717) is 30.6 Å². The van der Waals surface area contributed by atoms with Crippen molar-refractivity contribution in [3.63, 3.8) is 0 Å². The minimum absolute atomic E-state index is 0.0279. The molecule has 324 valence electrons. The number of ketones is 1. The fourth-order valence-electron chi connectivity index (χ4n) is 7.31. The van der Waals surface area contributed by atoms with E-state index in [1.165, 1.54) is 37.8 Å². The molecule has 0 spiro atoms. The molecular formula is C42H66N5O11+. The number of hydrogen-bond donors (Lipinski definition) is 4. The second-order valence-electron chi connectivity index (χ2n) is 16.6. The first-order valence-electron chi connectivity index (χ1n) is 20.5. The average Bonchev–Trinajstić information content (AvgIpc) is 3.68. The van der Waals surface area contributed by atoms with E-state index >= 15 is 0 Å². The summed E-state index contributed by atoms with van der Waals surface area (Å²) in [5.41, 5.74) is 4.64. The predicted octanol–water partition coefficient (Wildman–Crippen LogP) is 1.20. The van der Waals surface area contributed by atoms with Crippen LogP contribution in [-0.2, 0) is 49.5 Å². The molecule has 0 bridgehead atoms. The lowest BCUT2D eigenvalue weighted by atomic mass is 9.91. The molecule has 10 atom stereocenters. The zero-order chi connectivity index (χ0) is 43.6. The molecule has 0 radical (unpaired) electrons. The number of carbonyl (C=O) groups is 7. The number of quaternary nitrogens is 1. The van der Waals surface area contributed by atoms with E-state index in [1.807, 2.05) is 20.8 Å². The highest BCUT2D eigenvalue weighted by molar-refractivity contribution is 6.05. The first-order chi connectivity index (χ1) is 27.2. The molecular weight excluding hydrogens is 750 g/mol. The lowest BCUT2D eigenvalue weighted by molar-refractivity contribution is -0.419. The summed E-state index contributed by atoms with van der Waals surface area (Å²) >= 11 is 0. The van der Waals surface area contributed by atoms with Gasteiger partial charge in [0.15, 0.2) is 18.0 Å².